The fraction of sp³-hybridized carbons (Fsp3) is 0.316. The summed E-state index contributed by atoms with van der Waals surface area (Å²) in [5, 5.41) is 9.56. The fourth-order valence-corrected chi connectivity index (χ4v) is 7.43. The minimum atomic E-state index is -0.424. The fourth-order valence-electron chi connectivity index (χ4n) is 7.43. The molecule has 6 rings (SSSR count). The molecule has 0 aliphatic heterocycles. The van der Waals surface area contributed by atoms with Crippen molar-refractivity contribution in [1.82, 2.24) is 4.98 Å². The molecule has 13 nitrogen and oxygen atoms in total. The van der Waals surface area contributed by atoms with E-state index in [-0.39, 0.29) is 11.9 Å². The summed E-state index contributed by atoms with van der Waals surface area (Å²) >= 11 is 0. The number of nitrogens with zero attached hydrogens (tertiary/aromatic N) is 1. The maximum Gasteiger partial charge on any atom is 0.338 e. The Hall–Kier alpha value is -7.67. The lowest BCUT2D eigenvalue weighted by molar-refractivity contribution is -0.138. The molecule has 5 aromatic carbocycles. The largest absolute Gasteiger partial charge is 0.494 e. The summed E-state index contributed by atoms with van der Waals surface area (Å²) < 4.78 is 33.5. The number of hydrogen-bond donors (Lipinski definition) is 2. The Kier molecular flexibility index (Phi) is 20.7. The molecule has 0 saturated heterocycles. The van der Waals surface area contributed by atoms with Gasteiger partial charge in [-0.3, -0.25) is 0 Å². The number of fused-ring (bicyclic) bond motifs is 3. The van der Waals surface area contributed by atoms with Gasteiger partial charge in [0.25, 0.3) is 0 Å². The third-order valence-electron chi connectivity index (χ3n) is 11.2. The van der Waals surface area contributed by atoms with Gasteiger partial charge in [0.2, 0.25) is 5.88 Å². The number of rotatable bonds is 30. The number of unbranched alkanes of at least 4 members (excludes halogenated alkanes) is 9. The Labute approximate surface area is 410 Å². The highest BCUT2D eigenvalue weighted by Gasteiger charge is 2.15. The predicted octanol–water partition coefficient (Wildman–Crippen LogP) is 13.5. The number of ether oxygens (including phenoxy) is 6. The summed E-state index contributed by atoms with van der Waals surface area (Å²) in [5.74, 6) is 0.179. The summed E-state index contributed by atoms with van der Waals surface area (Å²) in [6.07, 6.45) is 13.2. The van der Waals surface area contributed by atoms with Crippen LogP contribution in [-0.4, -0.2) is 61.9 Å². The molecule has 0 saturated carbocycles. The Bertz CT molecular complexity index is 2670. The first-order valence-corrected chi connectivity index (χ1v) is 24.2. The standard InChI is InChI=1S/C57H63N3O10/c1-4-7-8-13-34-65-47-28-30-48(31-29-47)70-55-51-39-45(58-43-22-18-41(19-23-43)56(63)68-37-16-11-9-14-35-66-53(61)5-2)26-32-49(51)50-33-27-46(40-52(50)60-55)59-44-24-20-42(21-25-44)57(64)69-38-17-12-10-15-36-67-54(62)6-3/h5-6,18-33,39-40,58-59H,2-4,7-17,34-38H2,1H3. The Morgan fingerprint density at radius 1 is 0.471 bits per heavy atom. The Balaban J connectivity index is 1.11. The minimum absolute atomic E-state index is 0.307. The highest BCUT2D eigenvalue weighted by Crippen LogP contribution is 2.37. The number of pyridine rings is 1. The van der Waals surface area contributed by atoms with Crippen molar-refractivity contribution in [1.29, 1.82) is 0 Å². The molecule has 0 spiro atoms. The van der Waals surface area contributed by atoms with Crippen molar-refractivity contribution in [2.75, 3.05) is 43.7 Å². The third kappa shape index (κ3) is 16.5. The highest BCUT2D eigenvalue weighted by atomic mass is 16.5. The molecule has 0 unspecified atom stereocenters. The molecule has 0 aliphatic rings. The van der Waals surface area contributed by atoms with Gasteiger partial charge in [0, 0.05) is 45.7 Å². The van der Waals surface area contributed by atoms with Crippen LogP contribution in [-0.2, 0) is 28.5 Å². The number of nitrogens with one attached hydrogen (secondary N) is 2. The summed E-state index contributed by atoms with van der Waals surface area (Å²) in [6.45, 7) is 10.9. The van der Waals surface area contributed by atoms with Crippen molar-refractivity contribution in [3.63, 3.8) is 0 Å². The first-order chi connectivity index (χ1) is 34.2. The molecular weight excluding hydrogens is 887 g/mol. The maximum atomic E-state index is 12.8. The number of hydrogen-bond acceptors (Lipinski definition) is 13. The molecule has 0 radical (unpaired) electrons. The van der Waals surface area contributed by atoms with Gasteiger partial charge in [-0.1, -0.05) is 51.5 Å². The second-order valence-electron chi connectivity index (χ2n) is 16.6. The zero-order valence-corrected chi connectivity index (χ0v) is 40.0. The van der Waals surface area contributed by atoms with Crippen molar-refractivity contribution in [3.8, 4) is 17.4 Å². The van der Waals surface area contributed by atoms with Crippen LogP contribution in [0.5, 0.6) is 17.4 Å². The SMILES string of the molecule is C=CC(=O)OCCCCCCOC(=O)c1ccc(Nc2ccc3c(c2)nc(Oc2ccc(OCCCCCC)cc2)c2cc(Nc4ccc(C(=O)OCCCCCCOC(=O)C=C)cc4)ccc23)cc1. The number of anilines is 4. The van der Waals surface area contributed by atoms with Crippen LogP contribution in [0.25, 0.3) is 21.7 Å². The second-order valence-corrected chi connectivity index (χ2v) is 16.6. The van der Waals surface area contributed by atoms with Crippen LogP contribution >= 0.6 is 0 Å². The monoisotopic (exact) mass is 949 g/mol. The van der Waals surface area contributed by atoms with Crippen molar-refractivity contribution < 1.29 is 47.6 Å². The van der Waals surface area contributed by atoms with Crippen LogP contribution < -0.4 is 20.1 Å². The van der Waals surface area contributed by atoms with E-state index in [1.807, 2.05) is 84.9 Å². The smallest absolute Gasteiger partial charge is 0.338 e. The summed E-state index contributed by atoms with van der Waals surface area (Å²) in [7, 11) is 0. The lowest BCUT2D eigenvalue weighted by Gasteiger charge is -2.15. The number of aromatic nitrogens is 1. The van der Waals surface area contributed by atoms with Crippen LogP contribution in [0.2, 0.25) is 0 Å². The lowest BCUT2D eigenvalue weighted by atomic mass is 10.0. The van der Waals surface area contributed by atoms with E-state index < -0.39 is 11.9 Å². The predicted molar refractivity (Wildman–Crippen MR) is 275 cm³/mol. The van der Waals surface area contributed by atoms with Crippen LogP contribution in [0.3, 0.4) is 0 Å². The van der Waals surface area contributed by atoms with Crippen molar-refractivity contribution in [2.45, 2.75) is 84.0 Å². The molecule has 70 heavy (non-hydrogen) atoms. The first kappa shape index (κ1) is 51.7. The molecular formula is C57H63N3O10. The van der Waals surface area contributed by atoms with E-state index in [2.05, 4.69) is 30.7 Å². The number of benzene rings is 5. The number of carbonyl (C=O) groups is 4. The van der Waals surface area contributed by atoms with E-state index in [4.69, 9.17) is 33.4 Å². The van der Waals surface area contributed by atoms with Gasteiger partial charge in [-0.25, -0.2) is 24.2 Å². The van der Waals surface area contributed by atoms with E-state index in [1.165, 1.54) is 12.8 Å². The van der Waals surface area contributed by atoms with E-state index in [1.54, 1.807) is 24.3 Å². The highest BCUT2D eigenvalue weighted by molar-refractivity contribution is 6.09. The molecule has 0 fully saturated rings. The van der Waals surface area contributed by atoms with Gasteiger partial charge in [-0.2, -0.15) is 0 Å². The first-order valence-electron chi connectivity index (χ1n) is 24.2. The quantitative estimate of drug-likeness (QED) is 0.0144. The molecule has 0 aliphatic carbocycles. The maximum absolute atomic E-state index is 12.8. The average Bonchev–Trinajstić information content (AvgIpc) is 3.38. The molecule has 366 valence electrons. The Morgan fingerprint density at radius 2 is 0.914 bits per heavy atom. The molecule has 13 heteroatoms. The minimum Gasteiger partial charge on any atom is -0.494 e. The molecule has 2 N–H and O–H groups in total. The van der Waals surface area contributed by atoms with Gasteiger partial charge in [-0.15, -0.1) is 0 Å². The van der Waals surface area contributed by atoms with Gasteiger partial charge in [0.15, 0.2) is 0 Å². The van der Waals surface area contributed by atoms with Crippen LogP contribution in [0.4, 0.5) is 22.7 Å². The van der Waals surface area contributed by atoms with Crippen molar-refractivity contribution >= 4 is 68.3 Å². The van der Waals surface area contributed by atoms with Crippen molar-refractivity contribution in [3.05, 3.63) is 146 Å². The van der Waals surface area contributed by atoms with E-state index >= 15 is 0 Å². The summed E-state index contributed by atoms with van der Waals surface area (Å²) in [6, 6.07) is 33.9. The van der Waals surface area contributed by atoms with Crippen LogP contribution in [0.15, 0.2) is 135 Å². The van der Waals surface area contributed by atoms with Crippen molar-refractivity contribution in [2.24, 2.45) is 0 Å². The molecule has 1 heterocycles. The van der Waals surface area contributed by atoms with E-state index in [0.29, 0.717) is 61.3 Å². The average molecular weight is 950 g/mol. The van der Waals surface area contributed by atoms with Gasteiger partial charge in [0.1, 0.15) is 11.5 Å². The zero-order valence-electron chi connectivity index (χ0n) is 40.0. The summed E-state index contributed by atoms with van der Waals surface area (Å²) in [4.78, 5) is 52.9. The van der Waals surface area contributed by atoms with Gasteiger partial charge in [0.05, 0.1) is 49.7 Å². The van der Waals surface area contributed by atoms with E-state index in [9.17, 15) is 19.2 Å². The number of carbonyl (C=O) groups excluding carboxylic acids is 4. The number of esters is 4. The Morgan fingerprint density at radius 3 is 1.43 bits per heavy atom. The normalized spacial score (nSPS) is 10.8. The van der Waals surface area contributed by atoms with Gasteiger partial charge < -0.3 is 39.1 Å². The van der Waals surface area contributed by atoms with Crippen LogP contribution in [0, 0.1) is 0 Å². The molecule has 0 amide bonds. The lowest BCUT2D eigenvalue weighted by Crippen LogP contribution is -2.07. The molecule has 6 aromatic rings. The topological polar surface area (TPSA) is 161 Å². The second kappa shape index (κ2) is 28.0. The molecule has 1 aromatic heterocycles. The van der Waals surface area contributed by atoms with Gasteiger partial charge >= 0.3 is 23.9 Å². The summed E-state index contributed by atoms with van der Waals surface area (Å²) in [5.41, 5.74) is 4.78. The molecule has 0 atom stereocenters. The van der Waals surface area contributed by atoms with E-state index in [0.717, 1.165) is 121 Å². The molecule has 0 bridgehead atoms. The zero-order chi connectivity index (χ0) is 49.3. The van der Waals surface area contributed by atoms with Gasteiger partial charge in [-0.05, 0) is 160 Å². The van der Waals surface area contributed by atoms with Crippen LogP contribution in [0.1, 0.15) is 105 Å². The third-order valence-corrected chi connectivity index (χ3v) is 11.2.